The number of benzene rings is 2. The van der Waals surface area contributed by atoms with Gasteiger partial charge in [-0.15, -0.1) is 10.2 Å². The lowest BCUT2D eigenvalue weighted by Gasteiger charge is -2.27. The van der Waals surface area contributed by atoms with Crippen LogP contribution in [0.5, 0.6) is 0 Å². The molecule has 35 heavy (non-hydrogen) atoms. The molecule has 2 fully saturated rings. The molecule has 0 aliphatic carbocycles. The molecule has 10 heteroatoms. The average molecular weight is 498 g/mol. The first-order chi connectivity index (χ1) is 17.0. The standard InChI is InChI=1S/C23H29N7O2S.C2H6/c24-33(31,32)22-19(2-1-15-13-26-14-15)7-8-20(21(22)23-27-29-30-28-23)18-5-3-16(4-6-18)17-9-11-25-12-10-17;1-2/h3-8,15,17,25-26H,1-2,9-14H2,(H2,24,31,32)(H,27,28,29,30);1-2H3. The lowest BCUT2D eigenvalue weighted by Crippen LogP contribution is -2.42. The van der Waals surface area contributed by atoms with E-state index >= 15 is 0 Å². The third-order valence-corrected chi connectivity index (χ3v) is 7.85. The largest absolute Gasteiger partial charge is 0.317 e. The molecule has 1 aromatic heterocycles. The first-order valence-electron chi connectivity index (χ1n) is 12.4. The van der Waals surface area contributed by atoms with Gasteiger partial charge >= 0.3 is 0 Å². The molecule has 0 atom stereocenters. The van der Waals surface area contributed by atoms with E-state index in [-0.39, 0.29) is 10.7 Å². The molecular weight excluding hydrogens is 462 g/mol. The van der Waals surface area contributed by atoms with Gasteiger partial charge < -0.3 is 10.6 Å². The Kier molecular flexibility index (Phi) is 8.27. The lowest BCUT2D eigenvalue weighted by atomic mass is 9.88. The topological polar surface area (TPSA) is 139 Å². The third-order valence-electron chi connectivity index (χ3n) is 6.81. The Morgan fingerprint density at radius 1 is 1.00 bits per heavy atom. The van der Waals surface area contributed by atoms with E-state index in [1.165, 1.54) is 5.56 Å². The number of H-pyrrole nitrogens is 1. The van der Waals surface area contributed by atoms with Crippen LogP contribution in [0.1, 0.15) is 50.2 Å². The van der Waals surface area contributed by atoms with Crippen molar-refractivity contribution >= 4 is 10.0 Å². The molecule has 2 aromatic carbocycles. The fourth-order valence-electron chi connectivity index (χ4n) is 4.88. The molecule has 188 valence electrons. The van der Waals surface area contributed by atoms with Crippen LogP contribution in [0.4, 0.5) is 0 Å². The maximum absolute atomic E-state index is 12.8. The summed E-state index contributed by atoms with van der Waals surface area (Å²) in [5.74, 6) is 1.32. The molecule has 3 heterocycles. The van der Waals surface area contributed by atoms with E-state index in [9.17, 15) is 8.42 Å². The van der Waals surface area contributed by atoms with Gasteiger partial charge in [-0.25, -0.2) is 13.6 Å². The zero-order valence-corrected chi connectivity index (χ0v) is 21.2. The van der Waals surface area contributed by atoms with Crippen molar-refractivity contribution in [3.63, 3.8) is 0 Å². The summed E-state index contributed by atoms with van der Waals surface area (Å²) in [4.78, 5) is 0.0936. The van der Waals surface area contributed by atoms with Crippen molar-refractivity contribution < 1.29 is 8.42 Å². The van der Waals surface area contributed by atoms with Crippen molar-refractivity contribution in [2.24, 2.45) is 11.1 Å². The van der Waals surface area contributed by atoms with E-state index < -0.39 is 10.0 Å². The maximum Gasteiger partial charge on any atom is 0.239 e. The number of hydrogen-bond donors (Lipinski definition) is 4. The Morgan fingerprint density at radius 3 is 2.29 bits per heavy atom. The molecule has 0 radical (unpaired) electrons. The highest BCUT2D eigenvalue weighted by Crippen LogP contribution is 2.38. The lowest BCUT2D eigenvalue weighted by molar-refractivity contribution is 0.327. The van der Waals surface area contributed by atoms with Crippen LogP contribution in [0, 0.1) is 5.92 Å². The fraction of sp³-hybridized carbons (Fsp3) is 0.480. The number of sulfonamides is 1. The van der Waals surface area contributed by atoms with Gasteiger partial charge in [0.05, 0.1) is 10.5 Å². The van der Waals surface area contributed by atoms with E-state index in [0.717, 1.165) is 56.6 Å². The number of aromatic amines is 1. The van der Waals surface area contributed by atoms with E-state index in [1.807, 2.05) is 38.1 Å². The Labute approximate surface area is 207 Å². The van der Waals surface area contributed by atoms with Crippen LogP contribution in [-0.4, -0.2) is 55.2 Å². The number of nitrogens with one attached hydrogen (secondary N) is 3. The zero-order valence-electron chi connectivity index (χ0n) is 20.4. The second-order valence-electron chi connectivity index (χ2n) is 8.97. The minimum atomic E-state index is -4.03. The molecule has 3 aromatic rings. The summed E-state index contributed by atoms with van der Waals surface area (Å²) in [6.45, 7) is 7.99. The molecule has 0 spiro atoms. The van der Waals surface area contributed by atoms with Gasteiger partial charge in [-0.3, -0.25) is 0 Å². The van der Waals surface area contributed by atoms with E-state index in [4.69, 9.17) is 5.14 Å². The first kappa shape index (κ1) is 25.4. The van der Waals surface area contributed by atoms with Crippen molar-refractivity contribution in [2.75, 3.05) is 26.2 Å². The number of aryl methyl sites for hydroxylation is 1. The first-order valence-corrected chi connectivity index (χ1v) is 14.0. The number of nitrogens with two attached hydrogens (primary N) is 1. The molecule has 2 aliphatic rings. The highest BCUT2D eigenvalue weighted by Gasteiger charge is 2.27. The van der Waals surface area contributed by atoms with Crippen LogP contribution in [0.2, 0.25) is 0 Å². The number of hydrogen-bond acceptors (Lipinski definition) is 7. The van der Waals surface area contributed by atoms with E-state index in [0.29, 0.717) is 29.4 Å². The van der Waals surface area contributed by atoms with Gasteiger partial charge in [0.2, 0.25) is 15.8 Å². The van der Waals surface area contributed by atoms with Crippen molar-refractivity contribution in [3.8, 4) is 22.5 Å². The molecule has 5 N–H and O–H groups in total. The molecule has 2 saturated heterocycles. The van der Waals surface area contributed by atoms with Gasteiger partial charge in [0, 0.05) is 0 Å². The quantitative estimate of drug-likeness (QED) is 0.394. The van der Waals surface area contributed by atoms with E-state index in [2.05, 4.69) is 43.4 Å². The number of nitrogens with zero attached hydrogens (tertiary/aromatic N) is 3. The van der Waals surface area contributed by atoms with Crippen molar-refractivity contribution in [2.45, 2.75) is 50.3 Å². The molecule has 0 bridgehead atoms. The molecule has 0 amide bonds. The number of piperidine rings is 1. The summed E-state index contributed by atoms with van der Waals surface area (Å²) in [5, 5.41) is 26.8. The van der Waals surface area contributed by atoms with E-state index in [1.54, 1.807) is 0 Å². The Hall–Kier alpha value is -2.66. The minimum absolute atomic E-state index is 0.0936. The molecule has 0 saturated carbocycles. The van der Waals surface area contributed by atoms with Gasteiger partial charge in [-0.1, -0.05) is 50.2 Å². The monoisotopic (exact) mass is 497 g/mol. The SMILES string of the molecule is CC.NS(=O)(=O)c1c(CCC2CNC2)ccc(-c2ccc(C3CCNCC3)cc2)c1-c1nn[nH]n1. The Morgan fingerprint density at radius 2 is 1.71 bits per heavy atom. The van der Waals surface area contributed by atoms with Crippen LogP contribution in [-0.2, 0) is 16.4 Å². The van der Waals surface area contributed by atoms with Crippen molar-refractivity contribution in [1.82, 2.24) is 31.3 Å². The molecule has 0 unspecified atom stereocenters. The predicted octanol–water partition coefficient (Wildman–Crippen LogP) is 2.83. The van der Waals surface area contributed by atoms with Crippen molar-refractivity contribution in [1.29, 1.82) is 0 Å². The smallest absolute Gasteiger partial charge is 0.239 e. The summed E-state index contributed by atoms with van der Waals surface area (Å²) in [5.41, 5.74) is 4.03. The summed E-state index contributed by atoms with van der Waals surface area (Å²) in [7, 11) is -4.03. The maximum atomic E-state index is 12.8. The van der Waals surface area contributed by atoms with Crippen molar-refractivity contribution in [3.05, 3.63) is 47.5 Å². The summed E-state index contributed by atoms with van der Waals surface area (Å²) in [6.07, 6.45) is 3.76. The van der Waals surface area contributed by atoms with Gasteiger partial charge in [-0.05, 0) is 91.2 Å². The second kappa shape index (κ2) is 11.4. The second-order valence-corrected chi connectivity index (χ2v) is 10.5. The average Bonchev–Trinajstić information content (AvgIpc) is 3.39. The Bertz CT molecular complexity index is 1200. The van der Waals surface area contributed by atoms with Crippen LogP contribution in [0.25, 0.3) is 22.5 Å². The highest BCUT2D eigenvalue weighted by molar-refractivity contribution is 7.89. The predicted molar refractivity (Wildman–Crippen MR) is 137 cm³/mol. The highest BCUT2D eigenvalue weighted by atomic mass is 32.2. The molecule has 5 rings (SSSR count). The summed E-state index contributed by atoms with van der Waals surface area (Å²) < 4.78 is 25.6. The third kappa shape index (κ3) is 5.78. The van der Waals surface area contributed by atoms with Crippen LogP contribution in [0.3, 0.4) is 0 Å². The van der Waals surface area contributed by atoms with Crippen LogP contribution >= 0.6 is 0 Å². The number of tetrazole rings is 1. The van der Waals surface area contributed by atoms with Gasteiger partial charge in [-0.2, -0.15) is 5.21 Å². The van der Waals surface area contributed by atoms with Gasteiger partial charge in [0.15, 0.2) is 0 Å². The summed E-state index contributed by atoms with van der Waals surface area (Å²) in [6, 6.07) is 12.2. The molecular formula is C25H35N7O2S. The normalized spacial score (nSPS) is 16.9. The fourth-order valence-corrected chi connectivity index (χ4v) is 5.90. The number of aromatic nitrogens is 4. The summed E-state index contributed by atoms with van der Waals surface area (Å²) >= 11 is 0. The molecule has 9 nitrogen and oxygen atoms in total. The number of primary sulfonamides is 1. The zero-order chi connectivity index (χ0) is 24.8. The van der Waals surface area contributed by atoms with Crippen LogP contribution < -0.4 is 15.8 Å². The van der Waals surface area contributed by atoms with Gasteiger partial charge in [0.25, 0.3) is 0 Å². The Balaban J connectivity index is 0.00000141. The number of rotatable bonds is 7. The minimum Gasteiger partial charge on any atom is -0.317 e. The van der Waals surface area contributed by atoms with Gasteiger partial charge in [0.1, 0.15) is 0 Å². The molecule has 2 aliphatic heterocycles. The van der Waals surface area contributed by atoms with Crippen LogP contribution in [0.15, 0.2) is 41.3 Å².